The summed E-state index contributed by atoms with van der Waals surface area (Å²) in [6.45, 7) is 4.94. The van der Waals surface area contributed by atoms with Crippen LogP contribution in [0.15, 0.2) is 47.4 Å². The Hall–Kier alpha value is -1.66. The van der Waals surface area contributed by atoms with Crippen molar-refractivity contribution in [3.63, 3.8) is 0 Å². The van der Waals surface area contributed by atoms with Gasteiger partial charge in [0.05, 0.1) is 4.91 Å². The number of halogens is 2. The van der Waals surface area contributed by atoms with Crippen LogP contribution in [0.25, 0.3) is 6.08 Å². The Morgan fingerprint density at radius 2 is 1.65 bits per heavy atom. The summed E-state index contributed by atoms with van der Waals surface area (Å²) in [7, 11) is 0. The molecule has 0 N–H and O–H groups in total. The first kappa shape index (κ1) is 21.2. The third-order valence-corrected chi connectivity index (χ3v) is 7.56. The topological polar surface area (TPSA) is 26.8 Å². The van der Waals surface area contributed by atoms with E-state index < -0.39 is 0 Å². The van der Waals surface area contributed by atoms with E-state index in [9.17, 15) is 4.79 Å². The predicted octanol–water partition coefficient (Wildman–Crippen LogP) is 5.40. The highest BCUT2D eigenvalue weighted by Crippen LogP contribution is 2.35. The van der Waals surface area contributed by atoms with Gasteiger partial charge in [-0.2, -0.15) is 0 Å². The molecule has 0 atom stereocenters. The van der Waals surface area contributed by atoms with Crippen molar-refractivity contribution in [2.45, 2.75) is 18.9 Å². The largest absolute Gasteiger partial charge is 0.368 e. The van der Waals surface area contributed by atoms with Gasteiger partial charge in [0, 0.05) is 65.9 Å². The molecule has 2 aliphatic heterocycles. The number of piperazine rings is 1. The Bertz CT molecular complexity index is 995. The van der Waals surface area contributed by atoms with Crippen molar-refractivity contribution in [1.29, 1.82) is 0 Å². The van der Waals surface area contributed by atoms with Crippen LogP contribution in [0.4, 0.5) is 11.4 Å². The zero-order valence-corrected chi connectivity index (χ0v) is 19.6. The van der Waals surface area contributed by atoms with Gasteiger partial charge in [0.15, 0.2) is 0 Å². The number of rotatable bonds is 4. The van der Waals surface area contributed by atoms with Gasteiger partial charge in [-0.25, -0.2) is 0 Å². The molecule has 0 radical (unpaired) electrons. The lowest BCUT2D eigenvalue weighted by Gasteiger charge is -2.37. The summed E-state index contributed by atoms with van der Waals surface area (Å²) >= 11 is 14.0. The number of carbonyl (C=O) groups is 1. The number of nitrogens with zero attached hydrogens (tertiary/aromatic N) is 3. The lowest BCUT2D eigenvalue weighted by atomic mass is 10.1. The van der Waals surface area contributed by atoms with Crippen molar-refractivity contribution in [3.05, 3.63) is 63.0 Å². The Morgan fingerprint density at radius 1 is 0.935 bits per heavy atom. The molecule has 0 bridgehead atoms. The van der Waals surface area contributed by atoms with Gasteiger partial charge in [-0.1, -0.05) is 41.4 Å². The third kappa shape index (κ3) is 4.75. The minimum atomic E-state index is 0.00272. The molecule has 5 rings (SSSR count). The maximum atomic E-state index is 13.3. The lowest BCUT2D eigenvalue weighted by Crippen LogP contribution is -2.47. The van der Waals surface area contributed by atoms with E-state index in [1.165, 1.54) is 18.5 Å². The zero-order valence-electron chi connectivity index (χ0n) is 17.3. The highest BCUT2D eigenvalue weighted by Gasteiger charge is 2.32. The summed E-state index contributed by atoms with van der Waals surface area (Å²) in [6.07, 6.45) is 4.76. The van der Waals surface area contributed by atoms with Crippen molar-refractivity contribution in [1.82, 2.24) is 4.90 Å². The fourth-order valence-electron chi connectivity index (χ4n) is 4.39. The first-order chi connectivity index (χ1) is 15.1. The Labute approximate surface area is 197 Å². The highest BCUT2D eigenvalue weighted by atomic mass is 35.5. The van der Waals surface area contributed by atoms with Crippen LogP contribution in [-0.4, -0.2) is 55.3 Å². The number of amides is 1. The molecular weight excluding hydrogens is 449 g/mol. The van der Waals surface area contributed by atoms with Crippen LogP contribution in [0.5, 0.6) is 0 Å². The molecule has 31 heavy (non-hydrogen) atoms. The first-order valence-corrected chi connectivity index (χ1v) is 12.5. The highest BCUT2D eigenvalue weighted by molar-refractivity contribution is 8.04. The minimum absolute atomic E-state index is 0.00272. The number of carbonyl (C=O) groups excluding carboxylic acids is 1. The van der Waals surface area contributed by atoms with E-state index in [1.54, 1.807) is 34.9 Å². The van der Waals surface area contributed by atoms with E-state index in [0.29, 0.717) is 16.6 Å². The summed E-state index contributed by atoms with van der Waals surface area (Å²) in [5.74, 6) is 0.840. The van der Waals surface area contributed by atoms with Crippen LogP contribution in [0, 0.1) is 0 Å². The number of hydrogen-bond donors (Lipinski definition) is 0. The normalized spacial score (nSPS) is 21.7. The molecule has 4 nitrogen and oxygen atoms in total. The molecule has 2 aromatic carbocycles. The monoisotopic (exact) mass is 473 g/mol. The lowest BCUT2D eigenvalue weighted by molar-refractivity contribution is -0.114. The number of benzene rings is 2. The molecule has 162 valence electrons. The molecule has 3 fully saturated rings. The maximum Gasteiger partial charge on any atom is 0.264 e. The fraction of sp³-hybridized carbons (Fsp3) is 0.375. The second-order valence-electron chi connectivity index (χ2n) is 8.25. The SMILES string of the molecule is O=C1/C(=C/c2ccccc2N2CCN(C3CC3)CC2)SCCN1c1cc(Cl)cc(Cl)c1. The molecule has 2 aromatic rings. The van der Waals surface area contributed by atoms with E-state index in [-0.39, 0.29) is 5.91 Å². The average molecular weight is 474 g/mol. The number of anilines is 2. The van der Waals surface area contributed by atoms with Crippen LogP contribution in [-0.2, 0) is 4.79 Å². The standard InChI is InChI=1S/C24H25Cl2N3OS/c25-18-14-19(26)16-21(15-18)29-11-12-31-23(24(29)30)13-17-3-1-2-4-22(17)28-9-7-27(8-10-28)20-5-6-20/h1-4,13-16,20H,5-12H2/b23-13-. The molecular formula is C24H25Cl2N3OS. The van der Waals surface area contributed by atoms with Crippen LogP contribution in [0.1, 0.15) is 18.4 Å². The van der Waals surface area contributed by atoms with E-state index >= 15 is 0 Å². The molecule has 3 aliphatic rings. The van der Waals surface area contributed by atoms with Crippen molar-refractivity contribution in [2.75, 3.05) is 48.3 Å². The second-order valence-corrected chi connectivity index (χ2v) is 10.3. The van der Waals surface area contributed by atoms with Gasteiger partial charge >= 0.3 is 0 Å². The van der Waals surface area contributed by atoms with Gasteiger partial charge < -0.3 is 9.80 Å². The predicted molar refractivity (Wildman–Crippen MR) is 132 cm³/mol. The van der Waals surface area contributed by atoms with Crippen LogP contribution >= 0.6 is 35.0 Å². The minimum Gasteiger partial charge on any atom is -0.368 e. The van der Waals surface area contributed by atoms with Crippen molar-refractivity contribution in [3.8, 4) is 0 Å². The van der Waals surface area contributed by atoms with E-state index in [4.69, 9.17) is 23.2 Å². The van der Waals surface area contributed by atoms with Crippen LogP contribution in [0.3, 0.4) is 0 Å². The van der Waals surface area contributed by atoms with Gasteiger partial charge in [0.25, 0.3) is 5.91 Å². The number of para-hydroxylation sites is 1. The Morgan fingerprint density at radius 3 is 2.35 bits per heavy atom. The summed E-state index contributed by atoms with van der Waals surface area (Å²) in [5, 5.41) is 1.07. The van der Waals surface area contributed by atoms with Crippen molar-refractivity contribution < 1.29 is 4.79 Å². The van der Waals surface area contributed by atoms with Crippen LogP contribution in [0.2, 0.25) is 10.0 Å². The molecule has 1 amide bonds. The van der Waals surface area contributed by atoms with E-state index in [1.807, 2.05) is 12.1 Å². The summed E-state index contributed by atoms with van der Waals surface area (Å²) < 4.78 is 0. The number of hydrogen-bond acceptors (Lipinski definition) is 4. The van der Waals surface area contributed by atoms with Crippen molar-refractivity contribution in [2.24, 2.45) is 0 Å². The van der Waals surface area contributed by atoms with Gasteiger partial charge in [-0.3, -0.25) is 9.69 Å². The Kier molecular flexibility index (Phi) is 6.20. The van der Waals surface area contributed by atoms with E-state index in [0.717, 1.165) is 54.1 Å². The smallest absolute Gasteiger partial charge is 0.264 e. The zero-order chi connectivity index (χ0) is 21.4. The summed E-state index contributed by atoms with van der Waals surface area (Å²) in [4.78, 5) is 20.9. The quantitative estimate of drug-likeness (QED) is 0.555. The van der Waals surface area contributed by atoms with Crippen LogP contribution < -0.4 is 9.80 Å². The second kappa shape index (κ2) is 9.07. The molecule has 0 unspecified atom stereocenters. The van der Waals surface area contributed by atoms with Gasteiger partial charge in [-0.15, -0.1) is 11.8 Å². The molecule has 2 heterocycles. The maximum absolute atomic E-state index is 13.3. The number of thioether (sulfide) groups is 1. The third-order valence-electron chi connectivity index (χ3n) is 6.13. The molecule has 7 heteroatoms. The van der Waals surface area contributed by atoms with Crippen molar-refractivity contribution >= 4 is 58.3 Å². The summed E-state index contributed by atoms with van der Waals surface area (Å²) in [6, 6.07) is 14.5. The van der Waals surface area contributed by atoms with Gasteiger partial charge in [0.2, 0.25) is 0 Å². The molecule has 1 saturated carbocycles. The molecule has 0 spiro atoms. The van der Waals surface area contributed by atoms with E-state index in [2.05, 4.69) is 28.0 Å². The molecule has 2 saturated heterocycles. The summed E-state index contributed by atoms with van der Waals surface area (Å²) in [5.41, 5.74) is 3.06. The molecule has 1 aliphatic carbocycles. The van der Waals surface area contributed by atoms with Gasteiger partial charge in [-0.05, 0) is 48.7 Å². The Balaban J connectivity index is 1.38. The van der Waals surface area contributed by atoms with Gasteiger partial charge in [0.1, 0.15) is 0 Å². The average Bonchev–Trinajstić information content (AvgIpc) is 3.61. The fourth-order valence-corrected chi connectivity index (χ4v) is 5.85. The first-order valence-electron chi connectivity index (χ1n) is 10.8. The molecule has 0 aromatic heterocycles.